The number of nitrogens with one attached hydrogen (secondary N) is 2. The Bertz CT molecular complexity index is 1030. The van der Waals surface area contributed by atoms with E-state index in [0.717, 1.165) is 10.2 Å². The van der Waals surface area contributed by atoms with E-state index in [-0.39, 0.29) is 30.2 Å². The molecule has 0 spiro atoms. The second-order valence-corrected chi connectivity index (χ2v) is 5.98. The van der Waals surface area contributed by atoms with Gasteiger partial charge in [-0.3, -0.25) is 28.4 Å². The summed E-state index contributed by atoms with van der Waals surface area (Å²) in [5.74, 6) is -2.08. The van der Waals surface area contributed by atoms with Crippen LogP contribution in [0.4, 0.5) is 5.69 Å². The van der Waals surface area contributed by atoms with Crippen molar-refractivity contribution in [3.05, 3.63) is 47.8 Å². The van der Waals surface area contributed by atoms with Crippen LogP contribution in [0.25, 0.3) is 0 Å². The molecule has 28 heavy (non-hydrogen) atoms. The van der Waals surface area contributed by atoms with Gasteiger partial charge in [-0.15, -0.1) is 0 Å². The number of nitrogens with zero attached hydrogens (tertiary/aromatic N) is 6. The third-order valence-corrected chi connectivity index (χ3v) is 3.78. The Morgan fingerprint density at radius 3 is 2.61 bits per heavy atom. The van der Waals surface area contributed by atoms with Crippen LogP contribution in [0.5, 0.6) is 0 Å². The standard InChI is InChI=1S/C16H18N8O4/c1-22-8-10(6-18-22)5-17-16(28)14-12(7-19-23(14)2)20-15(27)11-3-4-24(21-11)9-13(25)26/h3-4,6-8H,5,9H2,1-2H3,(H,17,28)(H,20,27)(H,25,26). The Labute approximate surface area is 158 Å². The highest BCUT2D eigenvalue weighted by Crippen LogP contribution is 2.15. The minimum absolute atomic E-state index is 0.0202. The molecule has 0 atom stereocenters. The number of carboxylic acids is 1. The highest BCUT2D eigenvalue weighted by molar-refractivity contribution is 6.07. The molecule has 3 rings (SSSR count). The molecule has 0 aliphatic rings. The lowest BCUT2D eigenvalue weighted by molar-refractivity contribution is -0.137. The molecule has 0 aromatic carbocycles. The van der Waals surface area contributed by atoms with Gasteiger partial charge in [-0.05, 0) is 6.07 Å². The largest absolute Gasteiger partial charge is 0.480 e. The van der Waals surface area contributed by atoms with Crippen LogP contribution in [-0.4, -0.2) is 52.2 Å². The van der Waals surface area contributed by atoms with E-state index in [1.807, 2.05) is 0 Å². The summed E-state index contributed by atoms with van der Waals surface area (Å²) < 4.78 is 4.10. The molecule has 2 amide bonds. The molecule has 0 aliphatic carbocycles. The zero-order valence-corrected chi connectivity index (χ0v) is 15.2. The third-order valence-electron chi connectivity index (χ3n) is 3.78. The first-order chi connectivity index (χ1) is 13.3. The van der Waals surface area contributed by atoms with Crippen LogP contribution in [0.1, 0.15) is 26.5 Å². The maximum Gasteiger partial charge on any atom is 0.325 e. The molecule has 0 fully saturated rings. The summed E-state index contributed by atoms with van der Waals surface area (Å²) in [7, 11) is 3.36. The molecule has 0 bridgehead atoms. The molecule has 3 heterocycles. The van der Waals surface area contributed by atoms with Gasteiger partial charge in [-0.2, -0.15) is 15.3 Å². The summed E-state index contributed by atoms with van der Waals surface area (Å²) in [6.07, 6.45) is 6.15. The van der Waals surface area contributed by atoms with Crippen LogP contribution in [-0.2, 0) is 32.0 Å². The van der Waals surface area contributed by atoms with E-state index in [2.05, 4.69) is 25.9 Å². The molecule has 146 valence electrons. The average Bonchev–Trinajstić information content (AvgIpc) is 3.33. The van der Waals surface area contributed by atoms with Gasteiger partial charge in [0.25, 0.3) is 11.8 Å². The monoisotopic (exact) mass is 386 g/mol. The van der Waals surface area contributed by atoms with E-state index in [9.17, 15) is 14.4 Å². The molecule has 0 saturated heterocycles. The fourth-order valence-corrected chi connectivity index (χ4v) is 2.52. The minimum atomic E-state index is -1.07. The molecular formula is C16H18N8O4. The Morgan fingerprint density at radius 1 is 1.14 bits per heavy atom. The summed E-state index contributed by atoms with van der Waals surface area (Å²) in [6.45, 7) is -0.0903. The summed E-state index contributed by atoms with van der Waals surface area (Å²) in [4.78, 5) is 35.6. The Hall–Kier alpha value is -3.96. The lowest BCUT2D eigenvalue weighted by atomic mass is 10.3. The predicted octanol–water partition coefficient (Wildman–Crippen LogP) is -0.383. The quantitative estimate of drug-likeness (QED) is 0.501. The molecule has 0 unspecified atom stereocenters. The minimum Gasteiger partial charge on any atom is -0.480 e. The number of aryl methyl sites for hydroxylation is 2. The number of anilines is 1. The molecule has 3 N–H and O–H groups in total. The summed E-state index contributed by atoms with van der Waals surface area (Å²) in [5, 5.41) is 26.0. The number of rotatable bonds is 7. The van der Waals surface area contributed by atoms with E-state index in [0.29, 0.717) is 0 Å². The van der Waals surface area contributed by atoms with Gasteiger partial charge >= 0.3 is 5.97 Å². The van der Waals surface area contributed by atoms with Gasteiger partial charge in [-0.1, -0.05) is 0 Å². The fourth-order valence-electron chi connectivity index (χ4n) is 2.52. The van der Waals surface area contributed by atoms with E-state index in [1.54, 1.807) is 31.2 Å². The Balaban J connectivity index is 1.69. The maximum absolute atomic E-state index is 12.5. The molecule has 0 saturated carbocycles. The number of carbonyl (C=O) groups excluding carboxylic acids is 2. The highest BCUT2D eigenvalue weighted by Gasteiger charge is 2.20. The third kappa shape index (κ3) is 4.23. The van der Waals surface area contributed by atoms with Crippen molar-refractivity contribution < 1.29 is 19.5 Å². The number of carboxylic acid groups (broad SMARTS) is 1. The van der Waals surface area contributed by atoms with Crippen LogP contribution < -0.4 is 10.6 Å². The zero-order valence-electron chi connectivity index (χ0n) is 15.2. The van der Waals surface area contributed by atoms with Crippen molar-refractivity contribution in [1.82, 2.24) is 34.7 Å². The first-order valence-electron chi connectivity index (χ1n) is 8.18. The number of hydrogen-bond donors (Lipinski definition) is 3. The van der Waals surface area contributed by atoms with E-state index in [1.165, 1.54) is 23.1 Å². The van der Waals surface area contributed by atoms with Crippen molar-refractivity contribution in [1.29, 1.82) is 0 Å². The van der Waals surface area contributed by atoms with Crippen molar-refractivity contribution in [2.24, 2.45) is 14.1 Å². The number of hydrogen-bond acceptors (Lipinski definition) is 6. The molecule has 0 aliphatic heterocycles. The predicted molar refractivity (Wildman–Crippen MR) is 95.4 cm³/mol. The summed E-state index contributed by atoms with van der Waals surface area (Å²) in [5.41, 5.74) is 1.23. The summed E-state index contributed by atoms with van der Waals surface area (Å²) >= 11 is 0. The number of amides is 2. The van der Waals surface area contributed by atoms with Gasteiger partial charge < -0.3 is 15.7 Å². The molecule has 12 nitrogen and oxygen atoms in total. The zero-order chi connectivity index (χ0) is 20.3. The van der Waals surface area contributed by atoms with Crippen molar-refractivity contribution in [2.45, 2.75) is 13.1 Å². The topological polar surface area (TPSA) is 149 Å². The van der Waals surface area contributed by atoms with Crippen molar-refractivity contribution in [3.8, 4) is 0 Å². The number of aromatic nitrogens is 6. The van der Waals surface area contributed by atoms with Crippen LogP contribution >= 0.6 is 0 Å². The van der Waals surface area contributed by atoms with Gasteiger partial charge in [0, 0.05) is 38.6 Å². The van der Waals surface area contributed by atoms with E-state index in [4.69, 9.17) is 5.11 Å². The number of aliphatic carboxylic acids is 1. The van der Waals surface area contributed by atoms with Crippen LogP contribution in [0, 0.1) is 0 Å². The Kier molecular flexibility index (Phi) is 5.20. The lowest BCUT2D eigenvalue weighted by Crippen LogP contribution is -2.26. The van der Waals surface area contributed by atoms with Crippen LogP contribution in [0.15, 0.2) is 30.9 Å². The molecule has 12 heteroatoms. The Morgan fingerprint density at radius 2 is 1.93 bits per heavy atom. The normalized spacial score (nSPS) is 10.6. The first kappa shape index (κ1) is 18.8. The molecule has 0 radical (unpaired) electrons. The van der Waals surface area contributed by atoms with Gasteiger partial charge in [0.05, 0.1) is 18.1 Å². The van der Waals surface area contributed by atoms with Crippen LogP contribution in [0.2, 0.25) is 0 Å². The second-order valence-electron chi connectivity index (χ2n) is 5.98. The fraction of sp³-hybridized carbons (Fsp3) is 0.250. The van der Waals surface area contributed by atoms with Crippen molar-refractivity contribution >= 4 is 23.5 Å². The summed E-state index contributed by atoms with van der Waals surface area (Å²) in [6, 6.07) is 1.39. The second kappa shape index (κ2) is 7.73. The van der Waals surface area contributed by atoms with Crippen LogP contribution in [0.3, 0.4) is 0 Å². The van der Waals surface area contributed by atoms with Gasteiger partial charge in [0.2, 0.25) is 0 Å². The highest BCUT2D eigenvalue weighted by atomic mass is 16.4. The first-order valence-corrected chi connectivity index (χ1v) is 8.18. The van der Waals surface area contributed by atoms with E-state index < -0.39 is 17.8 Å². The van der Waals surface area contributed by atoms with Gasteiger partial charge in [0.1, 0.15) is 12.2 Å². The van der Waals surface area contributed by atoms with Gasteiger partial charge in [-0.25, -0.2) is 0 Å². The lowest BCUT2D eigenvalue weighted by Gasteiger charge is -2.07. The average molecular weight is 386 g/mol. The van der Waals surface area contributed by atoms with E-state index >= 15 is 0 Å². The van der Waals surface area contributed by atoms with Crippen molar-refractivity contribution in [2.75, 3.05) is 5.32 Å². The van der Waals surface area contributed by atoms with Gasteiger partial charge in [0.15, 0.2) is 5.69 Å². The number of carbonyl (C=O) groups is 3. The maximum atomic E-state index is 12.5. The SMILES string of the molecule is Cn1cc(CNC(=O)c2c(NC(=O)c3ccn(CC(=O)O)n3)cnn2C)cn1. The molecular weight excluding hydrogens is 368 g/mol. The smallest absolute Gasteiger partial charge is 0.325 e. The molecule has 3 aromatic heterocycles. The molecule has 3 aromatic rings. The van der Waals surface area contributed by atoms with Crippen molar-refractivity contribution in [3.63, 3.8) is 0 Å².